The van der Waals surface area contributed by atoms with Crippen molar-refractivity contribution >= 4 is 5.69 Å². The molecule has 0 aliphatic carbocycles. The molecule has 0 amide bonds. The number of nitrogens with one attached hydrogen (secondary N) is 1. The highest BCUT2D eigenvalue weighted by atomic mass is 16.5. The predicted molar refractivity (Wildman–Crippen MR) is 90.9 cm³/mol. The number of hydrogen-bond acceptors (Lipinski definition) is 4. The van der Waals surface area contributed by atoms with Gasteiger partial charge in [-0.25, -0.2) is 0 Å². The minimum absolute atomic E-state index is 0.755. The number of methoxy groups -OCH3 is 2. The fourth-order valence-corrected chi connectivity index (χ4v) is 2.29. The van der Waals surface area contributed by atoms with Crippen LogP contribution in [0.15, 0.2) is 42.5 Å². The molecule has 4 heteroatoms. The van der Waals surface area contributed by atoms with E-state index in [1.54, 1.807) is 14.2 Å². The third kappa shape index (κ3) is 4.15. The first kappa shape index (κ1) is 16.2. The quantitative estimate of drug-likeness (QED) is 0.852. The van der Waals surface area contributed by atoms with Gasteiger partial charge in [-0.05, 0) is 35.4 Å². The minimum Gasteiger partial charge on any atom is -0.493 e. The normalized spacial score (nSPS) is 10.4. The molecular formula is C18H24N2O2. The Hall–Kier alpha value is -2.20. The largest absolute Gasteiger partial charge is 0.493 e. The standard InChI is InChI=1S/C18H24N2O2/c1-20(2)16-7-5-6-14(10-16)12-19-13-15-8-9-17(21-3)18(11-15)22-4/h5-11,19H,12-13H2,1-4H3. The maximum absolute atomic E-state index is 5.33. The lowest BCUT2D eigenvalue weighted by Crippen LogP contribution is -2.14. The molecule has 0 saturated carbocycles. The second-order valence-corrected chi connectivity index (χ2v) is 5.36. The molecule has 2 aromatic carbocycles. The van der Waals surface area contributed by atoms with E-state index in [0.29, 0.717) is 0 Å². The van der Waals surface area contributed by atoms with E-state index >= 15 is 0 Å². The maximum Gasteiger partial charge on any atom is 0.161 e. The van der Waals surface area contributed by atoms with Crippen LogP contribution in [-0.4, -0.2) is 28.3 Å². The van der Waals surface area contributed by atoms with Crippen LogP contribution in [0.5, 0.6) is 11.5 Å². The van der Waals surface area contributed by atoms with Crippen molar-refractivity contribution in [2.24, 2.45) is 0 Å². The molecule has 4 nitrogen and oxygen atoms in total. The summed E-state index contributed by atoms with van der Waals surface area (Å²) >= 11 is 0. The van der Waals surface area contributed by atoms with Crippen LogP contribution in [0.25, 0.3) is 0 Å². The van der Waals surface area contributed by atoms with Gasteiger partial charge in [0, 0.05) is 32.9 Å². The molecule has 0 atom stereocenters. The minimum atomic E-state index is 0.755. The van der Waals surface area contributed by atoms with Gasteiger partial charge >= 0.3 is 0 Å². The molecule has 2 rings (SSSR count). The van der Waals surface area contributed by atoms with Crippen LogP contribution in [0.3, 0.4) is 0 Å². The summed E-state index contributed by atoms with van der Waals surface area (Å²) in [7, 11) is 7.40. The van der Waals surface area contributed by atoms with Gasteiger partial charge in [0.15, 0.2) is 11.5 Å². The fraction of sp³-hybridized carbons (Fsp3) is 0.333. The smallest absolute Gasteiger partial charge is 0.161 e. The van der Waals surface area contributed by atoms with Crippen molar-refractivity contribution in [3.05, 3.63) is 53.6 Å². The summed E-state index contributed by atoms with van der Waals surface area (Å²) in [6.45, 7) is 1.61. The lowest BCUT2D eigenvalue weighted by molar-refractivity contribution is 0.354. The Morgan fingerprint density at radius 3 is 2.18 bits per heavy atom. The Balaban J connectivity index is 1.95. The van der Waals surface area contributed by atoms with Crippen molar-refractivity contribution in [3.8, 4) is 11.5 Å². The van der Waals surface area contributed by atoms with E-state index < -0.39 is 0 Å². The van der Waals surface area contributed by atoms with Gasteiger partial charge in [0.05, 0.1) is 14.2 Å². The summed E-state index contributed by atoms with van der Waals surface area (Å²) in [6, 6.07) is 14.5. The molecule has 0 aliphatic rings. The number of benzene rings is 2. The molecule has 22 heavy (non-hydrogen) atoms. The molecule has 0 heterocycles. The first-order valence-corrected chi connectivity index (χ1v) is 7.32. The zero-order chi connectivity index (χ0) is 15.9. The number of rotatable bonds is 7. The van der Waals surface area contributed by atoms with Crippen LogP contribution in [0.2, 0.25) is 0 Å². The van der Waals surface area contributed by atoms with Crippen molar-refractivity contribution < 1.29 is 9.47 Å². The van der Waals surface area contributed by atoms with Gasteiger partial charge < -0.3 is 19.7 Å². The van der Waals surface area contributed by atoms with E-state index in [1.165, 1.54) is 16.8 Å². The van der Waals surface area contributed by atoms with E-state index in [1.807, 2.05) is 18.2 Å². The number of nitrogens with zero attached hydrogens (tertiary/aromatic N) is 1. The van der Waals surface area contributed by atoms with E-state index in [-0.39, 0.29) is 0 Å². The van der Waals surface area contributed by atoms with Gasteiger partial charge in [-0.3, -0.25) is 0 Å². The molecule has 0 fully saturated rings. The highest BCUT2D eigenvalue weighted by molar-refractivity contribution is 5.47. The molecule has 0 radical (unpaired) electrons. The molecule has 2 aromatic rings. The summed E-state index contributed by atoms with van der Waals surface area (Å²) in [4.78, 5) is 2.11. The van der Waals surface area contributed by atoms with Gasteiger partial charge in [0.1, 0.15) is 0 Å². The van der Waals surface area contributed by atoms with Crippen LogP contribution in [-0.2, 0) is 13.1 Å². The average Bonchev–Trinajstić information content (AvgIpc) is 2.55. The third-order valence-corrected chi connectivity index (χ3v) is 3.53. The van der Waals surface area contributed by atoms with Crippen molar-refractivity contribution in [3.63, 3.8) is 0 Å². The van der Waals surface area contributed by atoms with Crippen molar-refractivity contribution in [1.29, 1.82) is 0 Å². The average molecular weight is 300 g/mol. The maximum atomic E-state index is 5.33. The SMILES string of the molecule is COc1ccc(CNCc2cccc(N(C)C)c2)cc1OC. The predicted octanol–water partition coefficient (Wildman–Crippen LogP) is 3.06. The summed E-state index contributed by atoms with van der Waals surface area (Å²) in [5.41, 5.74) is 3.65. The Morgan fingerprint density at radius 1 is 0.864 bits per heavy atom. The highest BCUT2D eigenvalue weighted by Crippen LogP contribution is 2.27. The summed E-state index contributed by atoms with van der Waals surface area (Å²) in [5, 5.41) is 3.46. The first-order chi connectivity index (χ1) is 10.6. The van der Waals surface area contributed by atoms with Gasteiger partial charge in [-0.2, -0.15) is 0 Å². The Morgan fingerprint density at radius 2 is 1.55 bits per heavy atom. The molecule has 1 N–H and O–H groups in total. The van der Waals surface area contributed by atoms with Crippen LogP contribution >= 0.6 is 0 Å². The second-order valence-electron chi connectivity index (χ2n) is 5.36. The van der Waals surface area contributed by atoms with Gasteiger partial charge in [-0.1, -0.05) is 18.2 Å². The van der Waals surface area contributed by atoms with E-state index in [0.717, 1.165) is 24.6 Å². The van der Waals surface area contributed by atoms with Crippen molar-refractivity contribution in [2.75, 3.05) is 33.2 Å². The lowest BCUT2D eigenvalue weighted by atomic mass is 10.1. The highest BCUT2D eigenvalue weighted by Gasteiger charge is 2.04. The number of ether oxygens (including phenoxy) is 2. The van der Waals surface area contributed by atoms with E-state index in [4.69, 9.17) is 9.47 Å². The molecule has 118 valence electrons. The van der Waals surface area contributed by atoms with Crippen LogP contribution in [0.1, 0.15) is 11.1 Å². The van der Waals surface area contributed by atoms with Gasteiger partial charge in [0.25, 0.3) is 0 Å². The zero-order valence-electron chi connectivity index (χ0n) is 13.7. The van der Waals surface area contributed by atoms with Gasteiger partial charge in [0.2, 0.25) is 0 Å². The van der Waals surface area contributed by atoms with E-state index in [9.17, 15) is 0 Å². The summed E-state index contributed by atoms with van der Waals surface area (Å²) in [5.74, 6) is 1.52. The monoisotopic (exact) mass is 300 g/mol. The molecular weight excluding hydrogens is 276 g/mol. The number of anilines is 1. The Bertz CT molecular complexity index is 612. The summed E-state index contributed by atoms with van der Waals surface area (Å²) < 4.78 is 10.6. The van der Waals surface area contributed by atoms with Gasteiger partial charge in [-0.15, -0.1) is 0 Å². The van der Waals surface area contributed by atoms with Crippen LogP contribution in [0, 0.1) is 0 Å². The van der Waals surface area contributed by atoms with Crippen LogP contribution in [0.4, 0.5) is 5.69 Å². The van der Waals surface area contributed by atoms with Crippen molar-refractivity contribution in [1.82, 2.24) is 5.32 Å². The Kier molecular flexibility index (Phi) is 5.67. The van der Waals surface area contributed by atoms with Crippen molar-refractivity contribution in [2.45, 2.75) is 13.1 Å². The lowest BCUT2D eigenvalue weighted by Gasteiger charge is -2.14. The fourth-order valence-electron chi connectivity index (χ4n) is 2.29. The molecule has 0 unspecified atom stereocenters. The van der Waals surface area contributed by atoms with E-state index in [2.05, 4.69) is 48.6 Å². The Labute approximate surface area is 132 Å². The molecule has 0 spiro atoms. The number of hydrogen-bond donors (Lipinski definition) is 1. The molecule has 0 aromatic heterocycles. The molecule has 0 saturated heterocycles. The zero-order valence-corrected chi connectivity index (χ0v) is 13.7. The van der Waals surface area contributed by atoms with Crippen LogP contribution < -0.4 is 19.7 Å². The molecule has 0 aliphatic heterocycles. The second kappa shape index (κ2) is 7.71. The first-order valence-electron chi connectivity index (χ1n) is 7.32. The topological polar surface area (TPSA) is 33.7 Å². The summed E-state index contributed by atoms with van der Waals surface area (Å²) in [6.07, 6.45) is 0. The molecule has 0 bridgehead atoms. The third-order valence-electron chi connectivity index (χ3n) is 3.53.